The highest BCUT2D eigenvalue weighted by Crippen LogP contribution is 2.20. The zero-order valence-electron chi connectivity index (χ0n) is 13.7. The molecule has 1 aromatic carbocycles. The second-order valence-electron chi connectivity index (χ2n) is 6.25. The number of rotatable bonds is 5. The topological polar surface area (TPSA) is 71.1 Å². The van der Waals surface area contributed by atoms with E-state index < -0.39 is 0 Å². The van der Waals surface area contributed by atoms with Gasteiger partial charge in [0.25, 0.3) is 5.91 Å². The fraction of sp³-hybridized carbons (Fsp3) is 0.316. The molecule has 1 heterocycles. The van der Waals surface area contributed by atoms with Crippen molar-refractivity contribution in [2.24, 2.45) is 0 Å². The number of benzene rings is 1. The summed E-state index contributed by atoms with van der Waals surface area (Å²) in [5.74, 6) is -0.481. The summed E-state index contributed by atoms with van der Waals surface area (Å²) >= 11 is 0. The monoisotopic (exact) mass is 341 g/mol. The average molecular weight is 341 g/mol. The van der Waals surface area contributed by atoms with Gasteiger partial charge >= 0.3 is 0 Å². The van der Waals surface area contributed by atoms with Crippen molar-refractivity contribution < 1.29 is 14.0 Å². The summed E-state index contributed by atoms with van der Waals surface area (Å²) in [5, 5.41) is 5.80. The van der Waals surface area contributed by atoms with Gasteiger partial charge in [-0.05, 0) is 49.9 Å². The van der Waals surface area contributed by atoms with E-state index in [9.17, 15) is 14.0 Å². The van der Waals surface area contributed by atoms with Gasteiger partial charge in [0.15, 0.2) is 0 Å². The Bertz CT molecular complexity index is 741. The second kappa shape index (κ2) is 7.88. The predicted molar refractivity (Wildman–Crippen MR) is 92.3 cm³/mol. The number of carbonyl (C=O) groups excluding carboxylic acids is 2. The number of hydrogen-bond acceptors (Lipinski definition) is 3. The zero-order valence-corrected chi connectivity index (χ0v) is 13.7. The summed E-state index contributed by atoms with van der Waals surface area (Å²) in [6.45, 7) is 0. The van der Waals surface area contributed by atoms with E-state index in [0.717, 1.165) is 32.1 Å². The maximum Gasteiger partial charge on any atom is 0.253 e. The van der Waals surface area contributed by atoms with Crippen molar-refractivity contribution in [2.45, 2.75) is 37.8 Å². The lowest BCUT2D eigenvalue weighted by Crippen LogP contribution is -2.41. The van der Waals surface area contributed by atoms with Gasteiger partial charge in [0.2, 0.25) is 6.41 Å². The summed E-state index contributed by atoms with van der Waals surface area (Å²) in [7, 11) is 0. The number of halogens is 1. The lowest BCUT2D eigenvalue weighted by molar-refractivity contribution is -0.110. The number of nitrogens with one attached hydrogen (secondary N) is 2. The van der Waals surface area contributed by atoms with Crippen LogP contribution in [0.15, 0.2) is 42.6 Å². The Morgan fingerprint density at radius 2 is 1.88 bits per heavy atom. The molecule has 0 aliphatic heterocycles. The molecule has 1 saturated carbocycles. The van der Waals surface area contributed by atoms with Gasteiger partial charge in [-0.3, -0.25) is 14.6 Å². The maximum absolute atomic E-state index is 13.3. The Kier molecular flexibility index (Phi) is 5.38. The molecule has 0 unspecified atom stereocenters. The number of aromatic nitrogens is 1. The summed E-state index contributed by atoms with van der Waals surface area (Å²) in [4.78, 5) is 27.1. The van der Waals surface area contributed by atoms with E-state index >= 15 is 0 Å². The van der Waals surface area contributed by atoms with E-state index in [1.54, 1.807) is 24.3 Å². The van der Waals surface area contributed by atoms with E-state index in [0.29, 0.717) is 16.8 Å². The summed E-state index contributed by atoms with van der Waals surface area (Å²) in [6.07, 6.45) is 5.64. The highest BCUT2D eigenvalue weighted by atomic mass is 19.1. The van der Waals surface area contributed by atoms with E-state index in [1.807, 2.05) is 0 Å². The first kappa shape index (κ1) is 17.1. The average Bonchev–Trinajstić information content (AvgIpc) is 2.64. The summed E-state index contributed by atoms with van der Waals surface area (Å²) in [5.41, 5.74) is 1.78. The lowest BCUT2D eigenvalue weighted by Gasteiger charge is -2.28. The minimum absolute atomic E-state index is 0.111. The second-order valence-corrected chi connectivity index (χ2v) is 6.25. The van der Waals surface area contributed by atoms with Crippen molar-refractivity contribution in [1.82, 2.24) is 15.6 Å². The Balaban J connectivity index is 1.59. The molecule has 0 spiro atoms. The van der Waals surface area contributed by atoms with Crippen LogP contribution in [0.5, 0.6) is 0 Å². The molecular formula is C19H20FN3O2. The highest BCUT2D eigenvalue weighted by molar-refractivity contribution is 5.94. The molecule has 2 aromatic rings. The molecule has 6 heteroatoms. The molecule has 1 aliphatic carbocycles. The summed E-state index contributed by atoms with van der Waals surface area (Å²) in [6, 6.07) is 9.92. The molecule has 0 radical (unpaired) electrons. The number of pyridine rings is 1. The third-order valence-electron chi connectivity index (χ3n) is 4.51. The van der Waals surface area contributed by atoms with Crippen LogP contribution >= 0.6 is 0 Å². The number of nitrogens with zero attached hydrogens (tertiary/aromatic N) is 1. The first-order chi connectivity index (χ1) is 12.2. The standard InChI is InChI=1S/C19H20FN3O2/c20-15-3-1-2-13(10-15)18-9-4-14(11-21-18)19(25)23-17-7-5-16(6-8-17)22-12-24/h1-4,9-12,16-17H,5-8H2,(H,22,24)(H,23,25). The van der Waals surface area contributed by atoms with Crippen LogP contribution in [0.2, 0.25) is 0 Å². The molecule has 1 aromatic heterocycles. The minimum Gasteiger partial charge on any atom is -0.356 e. The van der Waals surface area contributed by atoms with Gasteiger partial charge in [-0.25, -0.2) is 4.39 Å². The largest absolute Gasteiger partial charge is 0.356 e. The minimum atomic E-state index is -0.319. The number of carbonyl (C=O) groups is 2. The first-order valence-electron chi connectivity index (χ1n) is 8.38. The number of amides is 2. The third-order valence-corrected chi connectivity index (χ3v) is 4.51. The molecule has 0 atom stereocenters. The smallest absolute Gasteiger partial charge is 0.253 e. The maximum atomic E-state index is 13.3. The molecule has 0 saturated heterocycles. The van der Waals surface area contributed by atoms with Gasteiger partial charge < -0.3 is 10.6 Å². The highest BCUT2D eigenvalue weighted by Gasteiger charge is 2.22. The van der Waals surface area contributed by atoms with Crippen LogP contribution in [-0.4, -0.2) is 29.4 Å². The Hall–Kier alpha value is -2.76. The van der Waals surface area contributed by atoms with Gasteiger partial charge in [-0.15, -0.1) is 0 Å². The SMILES string of the molecule is O=CNC1CCC(NC(=O)c2ccc(-c3cccc(F)c3)nc2)CC1. The molecule has 25 heavy (non-hydrogen) atoms. The molecule has 3 rings (SSSR count). The van der Waals surface area contributed by atoms with Crippen LogP contribution in [0, 0.1) is 5.82 Å². The van der Waals surface area contributed by atoms with Crippen molar-refractivity contribution in [3.63, 3.8) is 0 Å². The molecule has 1 fully saturated rings. The van der Waals surface area contributed by atoms with E-state index in [4.69, 9.17) is 0 Å². The van der Waals surface area contributed by atoms with Crippen molar-refractivity contribution in [3.8, 4) is 11.3 Å². The van der Waals surface area contributed by atoms with Crippen molar-refractivity contribution in [1.29, 1.82) is 0 Å². The van der Waals surface area contributed by atoms with Gasteiger partial charge in [-0.2, -0.15) is 0 Å². The Labute approximate surface area is 145 Å². The summed E-state index contributed by atoms with van der Waals surface area (Å²) < 4.78 is 13.3. The van der Waals surface area contributed by atoms with Crippen LogP contribution in [-0.2, 0) is 4.79 Å². The Morgan fingerprint density at radius 1 is 1.12 bits per heavy atom. The van der Waals surface area contributed by atoms with E-state index in [-0.39, 0.29) is 23.8 Å². The van der Waals surface area contributed by atoms with Crippen molar-refractivity contribution in [3.05, 3.63) is 54.0 Å². The van der Waals surface area contributed by atoms with Crippen molar-refractivity contribution in [2.75, 3.05) is 0 Å². The van der Waals surface area contributed by atoms with E-state index in [1.165, 1.54) is 18.3 Å². The van der Waals surface area contributed by atoms with E-state index in [2.05, 4.69) is 15.6 Å². The van der Waals surface area contributed by atoms with Crippen LogP contribution < -0.4 is 10.6 Å². The third kappa shape index (κ3) is 4.41. The molecule has 2 amide bonds. The van der Waals surface area contributed by atoms with Gasteiger partial charge in [0.05, 0.1) is 11.3 Å². The van der Waals surface area contributed by atoms with Crippen LogP contribution in [0.25, 0.3) is 11.3 Å². The first-order valence-corrected chi connectivity index (χ1v) is 8.38. The molecule has 1 aliphatic rings. The molecule has 0 bridgehead atoms. The quantitative estimate of drug-likeness (QED) is 0.822. The van der Waals surface area contributed by atoms with Crippen LogP contribution in [0.3, 0.4) is 0 Å². The van der Waals surface area contributed by atoms with Gasteiger partial charge in [0.1, 0.15) is 5.82 Å². The lowest BCUT2D eigenvalue weighted by atomic mass is 9.91. The van der Waals surface area contributed by atoms with Gasteiger partial charge in [-0.1, -0.05) is 12.1 Å². The fourth-order valence-electron chi connectivity index (χ4n) is 3.12. The normalized spacial score (nSPS) is 19.9. The predicted octanol–water partition coefficient (Wildman–Crippen LogP) is 2.67. The van der Waals surface area contributed by atoms with Crippen LogP contribution in [0.4, 0.5) is 4.39 Å². The van der Waals surface area contributed by atoms with Crippen molar-refractivity contribution >= 4 is 12.3 Å². The van der Waals surface area contributed by atoms with Gasteiger partial charge in [0, 0.05) is 23.8 Å². The molecule has 5 nitrogen and oxygen atoms in total. The molecule has 2 N–H and O–H groups in total. The Morgan fingerprint density at radius 3 is 2.52 bits per heavy atom. The van der Waals surface area contributed by atoms with Crippen LogP contribution in [0.1, 0.15) is 36.0 Å². The zero-order chi connectivity index (χ0) is 17.6. The molecular weight excluding hydrogens is 321 g/mol. The fourth-order valence-corrected chi connectivity index (χ4v) is 3.12. The molecule has 130 valence electrons. The number of hydrogen-bond donors (Lipinski definition) is 2.